The molecule has 1 heterocycles. The Hall–Kier alpha value is -3.41. The van der Waals surface area contributed by atoms with Crippen molar-refractivity contribution >= 4 is 23.2 Å². The molecule has 2 N–H and O–H groups in total. The fourth-order valence-electron chi connectivity index (χ4n) is 2.35. The van der Waals surface area contributed by atoms with Gasteiger partial charge in [0, 0.05) is 35.4 Å². The van der Waals surface area contributed by atoms with Crippen molar-refractivity contribution in [1.29, 1.82) is 0 Å². The van der Waals surface area contributed by atoms with Gasteiger partial charge in [0.2, 0.25) is 5.95 Å². The van der Waals surface area contributed by atoms with Gasteiger partial charge in [0.05, 0.1) is 6.10 Å². The number of carbonyl (C=O) groups is 1. The Bertz CT molecular complexity index is 882. The van der Waals surface area contributed by atoms with Crippen LogP contribution >= 0.6 is 0 Å². The van der Waals surface area contributed by atoms with Gasteiger partial charge in [0.15, 0.2) is 0 Å². The number of hydrogen-bond acceptors (Lipinski definition) is 5. The van der Waals surface area contributed by atoms with E-state index in [4.69, 9.17) is 4.74 Å². The first-order valence-electron chi connectivity index (χ1n) is 8.32. The Morgan fingerprint density at radius 3 is 2.46 bits per heavy atom. The number of carbonyl (C=O) groups excluding carboxylic acids is 1. The molecule has 6 nitrogen and oxygen atoms in total. The molecule has 0 bridgehead atoms. The summed E-state index contributed by atoms with van der Waals surface area (Å²) in [5.41, 5.74) is 1.94. The highest BCUT2D eigenvalue weighted by Crippen LogP contribution is 2.20. The molecular formula is C20H20N4O2. The molecule has 1 amide bonds. The lowest BCUT2D eigenvalue weighted by Gasteiger charge is -2.12. The number of nitrogens with zero attached hydrogens (tertiary/aromatic N) is 2. The zero-order chi connectivity index (χ0) is 18.4. The van der Waals surface area contributed by atoms with Gasteiger partial charge in [0.25, 0.3) is 5.91 Å². The van der Waals surface area contributed by atoms with Gasteiger partial charge in [0.1, 0.15) is 5.75 Å². The first-order valence-corrected chi connectivity index (χ1v) is 8.32. The molecule has 1 aromatic heterocycles. The van der Waals surface area contributed by atoms with Gasteiger partial charge in [-0.3, -0.25) is 4.79 Å². The predicted molar refractivity (Wildman–Crippen MR) is 102 cm³/mol. The van der Waals surface area contributed by atoms with Gasteiger partial charge < -0.3 is 15.4 Å². The number of anilines is 3. The first-order chi connectivity index (χ1) is 12.6. The maximum absolute atomic E-state index is 12.5. The molecule has 3 rings (SSSR count). The standard InChI is InChI=1S/C20H20N4O2/c1-14(2)26-18-9-4-8-17(13-18)23-19(25)15-6-3-7-16(12-15)24-20-21-10-5-11-22-20/h3-14H,1-2H3,(H,23,25)(H,21,22,24). The van der Waals surface area contributed by atoms with Gasteiger partial charge in [-0.2, -0.15) is 0 Å². The van der Waals surface area contributed by atoms with Gasteiger partial charge in [-0.25, -0.2) is 9.97 Å². The number of hydrogen-bond donors (Lipinski definition) is 2. The van der Waals surface area contributed by atoms with E-state index in [0.717, 1.165) is 11.4 Å². The average Bonchev–Trinajstić information content (AvgIpc) is 2.62. The second-order valence-corrected chi connectivity index (χ2v) is 5.93. The summed E-state index contributed by atoms with van der Waals surface area (Å²) in [6.07, 6.45) is 3.37. The van der Waals surface area contributed by atoms with E-state index in [-0.39, 0.29) is 12.0 Å². The molecule has 0 aliphatic heterocycles. The molecule has 0 aliphatic rings. The van der Waals surface area contributed by atoms with Crippen LogP contribution in [0.5, 0.6) is 5.75 Å². The third kappa shape index (κ3) is 4.80. The summed E-state index contributed by atoms with van der Waals surface area (Å²) in [7, 11) is 0. The molecule has 0 saturated carbocycles. The number of nitrogens with one attached hydrogen (secondary N) is 2. The number of aromatic nitrogens is 2. The number of ether oxygens (including phenoxy) is 1. The van der Waals surface area contributed by atoms with Crippen LogP contribution in [0.25, 0.3) is 0 Å². The van der Waals surface area contributed by atoms with Crippen LogP contribution in [0.1, 0.15) is 24.2 Å². The van der Waals surface area contributed by atoms with Crippen molar-refractivity contribution < 1.29 is 9.53 Å². The Morgan fingerprint density at radius 1 is 0.962 bits per heavy atom. The van der Waals surface area contributed by atoms with E-state index in [2.05, 4.69) is 20.6 Å². The highest BCUT2D eigenvalue weighted by molar-refractivity contribution is 6.04. The van der Waals surface area contributed by atoms with Crippen LogP contribution in [0.3, 0.4) is 0 Å². The summed E-state index contributed by atoms with van der Waals surface area (Å²) in [5.74, 6) is 0.988. The zero-order valence-electron chi connectivity index (χ0n) is 14.6. The molecule has 26 heavy (non-hydrogen) atoms. The lowest BCUT2D eigenvalue weighted by Crippen LogP contribution is -2.12. The molecule has 3 aromatic rings. The van der Waals surface area contributed by atoms with Crippen molar-refractivity contribution in [1.82, 2.24) is 9.97 Å². The van der Waals surface area contributed by atoms with Crippen molar-refractivity contribution in [3.05, 3.63) is 72.6 Å². The Balaban J connectivity index is 1.71. The number of rotatable bonds is 6. The van der Waals surface area contributed by atoms with Crippen molar-refractivity contribution in [2.24, 2.45) is 0 Å². The van der Waals surface area contributed by atoms with Gasteiger partial charge >= 0.3 is 0 Å². The lowest BCUT2D eigenvalue weighted by atomic mass is 10.2. The lowest BCUT2D eigenvalue weighted by molar-refractivity contribution is 0.102. The highest BCUT2D eigenvalue weighted by Gasteiger charge is 2.08. The second-order valence-electron chi connectivity index (χ2n) is 5.93. The van der Waals surface area contributed by atoms with Gasteiger partial charge in [-0.05, 0) is 50.2 Å². The van der Waals surface area contributed by atoms with Crippen LogP contribution in [0.2, 0.25) is 0 Å². The van der Waals surface area contributed by atoms with Gasteiger partial charge in [-0.15, -0.1) is 0 Å². The van der Waals surface area contributed by atoms with Crippen LogP contribution < -0.4 is 15.4 Å². The molecule has 0 atom stereocenters. The molecule has 2 aromatic carbocycles. The molecule has 0 aliphatic carbocycles. The molecule has 0 spiro atoms. The summed E-state index contributed by atoms with van der Waals surface area (Å²) < 4.78 is 5.65. The van der Waals surface area contributed by atoms with Gasteiger partial charge in [-0.1, -0.05) is 12.1 Å². The largest absolute Gasteiger partial charge is 0.491 e. The van der Waals surface area contributed by atoms with E-state index in [1.165, 1.54) is 0 Å². The monoisotopic (exact) mass is 348 g/mol. The molecule has 132 valence electrons. The van der Waals surface area contributed by atoms with Crippen molar-refractivity contribution in [3.63, 3.8) is 0 Å². The Labute approximate surface area is 152 Å². The molecule has 0 unspecified atom stereocenters. The summed E-state index contributed by atoms with van der Waals surface area (Å²) in [6, 6.07) is 16.2. The van der Waals surface area contributed by atoms with Crippen LogP contribution in [-0.4, -0.2) is 22.0 Å². The van der Waals surface area contributed by atoms with Crippen LogP contribution in [0.15, 0.2) is 67.0 Å². The summed E-state index contributed by atoms with van der Waals surface area (Å²) in [6.45, 7) is 3.92. The summed E-state index contributed by atoms with van der Waals surface area (Å²) in [5, 5.41) is 5.96. The van der Waals surface area contributed by atoms with E-state index in [1.807, 2.05) is 38.1 Å². The van der Waals surface area contributed by atoms with E-state index in [0.29, 0.717) is 17.2 Å². The predicted octanol–water partition coefficient (Wildman–Crippen LogP) is 4.26. The third-order valence-electron chi connectivity index (χ3n) is 3.41. The van der Waals surface area contributed by atoms with E-state index in [9.17, 15) is 4.79 Å². The van der Waals surface area contributed by atoms with E-state index >= 15 is 0 Å². The smallest absolute Gasteiger partial charge is 0.255 e. The van der Waals surface area contributed by atoms with Crippen LogP contribution in [-0.2, 0) is 0 Å². The second kappa shape index (κ2) is 8.11. The quantitative estimate of drug-likeness (QED) is 0.696. The molecule has 0 fully saturated rings. The SMILES string of the molecule is CC(C)Oc1cccc(NC(=O)c2cccc(Nc3ncccn3)c2)c1. The molecule has 0 radical (unpaired) electrons. The van der Waals surface area contributed by atoms with E-state index < -0.39 is 0 Å². The maximum atomic E-state index is 12.5. The Kier molecular flexibility index (Phi) is 5.43. The minimum absolute atomic E-state index is 0.0731. The fourth-order valence-corrected chi connectivity index (χ4v) is 2.35. The molecular weight excluding hydrogens is 328 g/mol. The third-order valence-corrected chi connectivity index (χ3v) is 3.41. The maximum Gasteiger partial charge on any atom is 0.255 e. The number of benzene rings is 2. The van der Waals surface area contributed by atoms with Crippen molar-refractivity contribution in [2.45, 2.75) is 20.0 Å². The first kappa shape index (κ1) is 17.4. The zero-order valence-corrected chi connectivity index (χ0v) is 14.6. The van der Waals surface area contributed by atoms with Crippen molar-refractivity contribution in [2.75, 3.05) is 10.6 Å². The average molecular weight is 348 g/mol. The van der Waals surface area contributed by atoms with Crippen molar-refractivity contribution in [3.8, 4) is 5.75 Å². The topological polar surface area (TPSA) is 76.1 Å². The highest BCUT2D eigenvalue weighted by atomic mass is 16.5. The Morgan fingerprint density at radius 2 is 1.69 bits per heavy atom. The molecule has 0 saturated heterocycles. The number of amides is 1. The summed E-state index contributed by atoms with van der Waals surface area (Å²) in [4.78, 5) is 20.8. The molecule has 6 heteroatoms. The van der Waals surface area contributed by atoms with Crippen LogP contribution in [0.4, 0.5) is 17.3 Å². The summed E-state index contributed by atoms with van der Waals surface area (Å²) >= 11 is 0. The minimum atomic E-state index is -0.204. The normalized spacial score (nSPS) is 10.4. The van der Waals surface area contributed by atoms with E-state index in [1.54, 1.807) is 42.7 Å². The fraction of sp³-hybridized carbons (Fsp3) is 0.150. The minimum Gasteiger partial charge on any atom is -0.491 e. The van der Waals surface area contributed by atoms with Crippen LogP contribution in [0, 0.1) is 0 Å².